The molecule has 31 heavy (non-hydrogen) atoms. The van der Waals surface area contributed by atoms with Gasteiger partial charge in [0.05, 0.1) is 5.02 Å². The highest BCUT2D eigenvalue weighted by atomic mass is 35.5. The van der Waals surface area contributed by atoms with Gasteiger partial charge in [0.1, 0.15) is 5.82 Å². The van der Waals surface area contributed by atoms with Crippen LogP contribution < -0.4 is 5.32 Å². The molecule has 0 aromatic heterocycles. The van der Waals surface area contributed by atoms with Crippen molar-refractivity contribution in [3.63, 3.8) is 0 Å². The van der Waals surface area contributed by atoms with Crippen molar-refractivity contribution in [2.24, 2.45) is 17.8 Å². The Balaban J connectivity index is 1.32. The second-order valence-electron chi connectivity index (χ2n) is 9.13. The molecule has 3 nitrogen and oxygen atoms in total. The van der Waals surface area contributed by atoms with Gasteiger partial charge in [-0.1, -0.05) is 29.8 Å². The lowest BCUT2D eigenvalue weighted by Gasteiger charge is -2.30. The Morgan fingerprint density at radius 2 is 1.90 bits per heavy atom. The van der Waals surface area contributed by atoms with Crippen molar-refractivity contribution in [3.05, 3.63) is 63.9 Å². The molecule has 2 aliphatic carbocycles. The number of hydrogen-bond donors (Lipinski definition) is 1. The van der Waals surface area contributed by atoms with E-state index in [-0.39, 0.29) is 22.8 Å². The van der Waals surface area contributed by atoms with Gasteiger partial charge >= 0.3 is 0 Å². The molecule has 0 aliphatic heterocycles. The van der Waals surface area contributed by atoms with Gasteiger partial charge in [-0.15, -0.1) is 0 Å². The largest absolute Gasteiger partial charge is 0.326 e. The summed E-state index contributed by atoms with van der Waals surface area (Å²) in [4.78, 5) is 25.8. The SMILES string of the molecule is Cc1cccc2c1CCCC(CC1CCC(C(=O)Nc3ccc(Cl)c(F)c3)CC1)C2=O. The molecule has 0 saturated heterocycles. The maximum absolute atomic E-state index is 13.6. The number of carbonyl (C=O) groups excluding carboxylic acids is 2. The third kappa shape index (κ3) is 5.01. The van der Waals surface area contributed by atoms with Crippen molar-refractivity contribution in [3.8, 4) is 0 Å². The van der Waals surface area contributed by atoms with E-state index in [2.05, 4.69) is 18.3 Å². The average Bonchev–Trinajstić information content (AvgIpc) is 2.91. The summed E-state index contributed by atoms with van der Waals surface area (Å²) in [6, 6.07) is 10.4. The average molecular weight is 442 g/mol. The summed E-state index contributed by atoms with van der Waals surface area (Å²) in [5, 5.41) is 2.86. The van der Waals surface area contributed by atoms with Crippen LogP contribution >= 0.6 is 11.6 Å². The lowest BCUT2D eigenvalue weighted by Crippen LogP contribution is -2.28. The summed E-state index contributed by atoms with van der Waals surface area (Å²) in [6.45, 7) is 2.09. The van der Waals surface area contributed by atoms with E-state index in [0.29, 0.717) is 17.4 Å². The smallest absolute Gasteiger partial charge is 0.227 e. The Hall–Kier alpha value is -2.20. The monoisotopic (exact) mass is 441 g/mol. The molecule has 1 fully saturated rings. The fourth-order valence-corrected chi connectivity index (χ4v) is 5.36. The van der Waals surface area contributed by atoms with Crippen LogP contribution in [-0.4, -0.2) is 11.7 Å². The van der Waals surface area contributed by atoms with Crippen LogP contribution in [0.5, 0.6) is 0 Å². The topological polar surface area (TPSA) is 46.2 Å². The number of ketones is 1. The fraction of sp³-hybridized carbons (Fsp3) is 0.462. The highest BCUT2D eigenvalue weighted by Crippen LogP contribution is 2.37. The van der Waals surface area contributed by atoms with Crippen LogP contribution in [0, 0.1) is 30.5 Å². The molecule has 0 radical (unpaired) electrons. The minimum absolute atomic E-state index is 0.0457. The molecule has 1 atom stereocenters. The number of Topliss-reactive ketones (excluding diaryl/α,β-unsaturated/α-hetero) is 1. The number of benzene rings is 2. The number of amides is 1. The van der Waals surface area contributed by atoms with Crippen LogP contribution in [0.3, 0.4) is 0 Å². The second-order valence-corrected chi connectivity index (χ2v) is 9.53. The van der Waals surface area contributed by atoms with Gasteiger partial charge in [0.15, 0.2) is 5.78 Å². The van der Waals surface area contributed by atoms with Crippen molar-refractivity contribution in [2.75, 3.05) is 5.32 Å². The molecule has 4 rings (SSSR count). The van der Waals surface area contributed by atoms with E-state index in [1.807, 2.05) is 12.1 Å². The van der Waals surface area contributed by atoms with Crippen LogP contribution in [0.15, 0.2) is 36.4 Å². The molecular formula is C26H29ClFNO2. The number of halogens is 2. The van der Waals surface area contributed by atoms with Gasteiger partial charge in [-0.2, -0.15) is 0 Å². The van der Waals surface area contributed by atoms with Crippen molar-refractivity contribution >= 4 is 29.0 Å². The lowest BCUT2D eigenvalue weighted by atomic mass is 9.76. The highest BCUT2D eigenvalue weighted by molar-refractivity contribution is 6.30. The van der Waals surface area contributed by atoms with E-state index < -0.39 is 5.82 Å². The molecule has 0 bridgehead atoms. The highest BCUT2D eigenvalue weighted by Gasteiger charge is 2.32. The lowest BCUT2D eigenvalue weighted by molar-refractivity contribution is -0.121. The van der Waals surface area contributed by atoms with E-state index in [9.17, 15) is 14.0 Å². The third-order valence-corrected chi connectivity index (χ3v) is 7.35. The molecule has 0 heterocycles. The number of fused-ring (bicyclic) bond motifs is 1. The van der Waals surface area contributed by atoms with Gasteiger partial charge in [-0.3, -0.25) is 9.59 Å². The van der Waals surface area contributed by atoms with Gasteiger partial charge in [-0.05, 0) is 93.5 Å². The Morgan fingerprint density at radius 1 is 1.13 bits per heavy atom. The van der Waals surface area contributed by atoms with E-state index in [0.717, 1.165) is 56.9 Å². The zero-order chi connectivity index (χ0) is 22.0. The van der Waals surface area contributed by atoms with Gasteiger partial charge in [0.25, 0.3) is 0 Å². The zero-order valence-electron chi connectivity index (χ0n) is 17.9. The standard InChI is InChI=1S/C26H29ClFNO2/c1-16-4-2-7-22-21(16)6-3-5-19(25(22)30)14-17-8-10-18(11-9-17)26(31)29-20-12-13-23(27)24(28)15-20/h2,4,7,12-13,15,17-19H,3,5-6,8-11,14H2,1H3,(H,29,31). The van der Waals surface area contributed by atoms with Crippen LogP contribution in [-0.2, 0) is 11.2 Å². The van der Waals surface area contributed by atoms with Gasteiger partial charge < -0.3 is 5.32 Å². The van der Waals surface area contributed by atoms with Crippen molar-refractivity contribution in [2.45, 2.75) is 58.3 Å². The number of anilines is 1. The summed E-state index contributed by atoms with van der Waals surface area (Å²) in [5.74, 6) is 0.222. The first-order valence-corrected chi connectivity index (χ1v) is 11.7. The van der Waals surface area contributed by atoms with Crippen molar-refractivity contribution in [1.82, 2.24) is 0 Å². The predicted molar refractivity (Wildman–Crippen MR) is 122 cm³/mol. The van der Waals surface area contributed by atoms with Crippen molar-refractivity contribution in [1.29, 1.82) is 0 Å². The minimum Gasteiger partial charge on any atom is -0.326 e. The maximum atomic E-state index is 13.6. The molecule has 1 N–H and O–H groups in total. The normalized spacial score (nSPS) is 23.7. The number of hydrogen-bond acceptors (Lipinski definition) is 2. The third-order valence-electron chi connectivity index (χ3n) is 7.05. The molecule has 2 aliphatic rings. The Kier molecular flexibility index (Phi) is 6.76. The van der Waals surface area contributed by atoms with Gasteiger partial charge in [0, 0.05) is 23.1 Å². The zero-order valence-corrected chi connectivity index (χ0v) is 18.7. The molecule has 2 aromatic rings. The summed E-state index contributed by atoms with van der Waals surface area (Å²) in [6.07, 6.45) is 7.45. The molecule has 1 amide bonds. The van der Waals surface area contributed by atoms with E-state index in [1.54, 1.807) is 6.07 Å². The summed E-state index contributed by atoms with van der Waals surface area (Å²) < 4.78 is 13.6. The van der Waals surface area contributed by atoms with Gasteiger partial charge in [-0.25, -0.2) is 4.39 Å². The predicted octanol–water partition coefficient (Wildman–Crippen LogP) is 6.76. The Bertz CT molecular complexity index is 981. The molecular weight excluding hydrogens is 413 g/mol. The first-order chi connectivity index (χ1) is 14.9. The van der Waals surface area contributed by atoms with Crippen molar-refractivity contribution < 1.29 is 14.0 Å². The molecule has 1 saturated carbocycles. The number of carbonyl (C=O) groups is 2. The molecule has 0 spiro atoms. The summed E-state index contributed by atoms with van der Waals surface area (Å²) >= 11 is 5.71. The van der Waals surface area contributed by atoms with E-state index >= 15 is 0 Å². The fourth-order valence-electron chi connectivity index (χ4n) is 5.25. The first kappa shape index (κ1) is 22.0. The van der Waals surface area contributed by atoms with E-state index in [1.165, 1.54) is 23.3 Å². The van der Waals surface area contributed by atoms with Gasteiger partial charge in [0.2, 0.25) is 5.91 Å². The van der Waals surface area contributed by atoms with Crippen LogP contribution in [0.2, 0.25) is 5.02 Å². The maximum Gasteiger partial charge on any atom is 0.227 e. The quantitative estimate of drug-likeness (QED) is 0.533. The number of rotatable bonds is 4. The Morgan fingerprint density at radius 3 is 2.65 bits per heavy atom. The first-order valence-electron chi connectivity index (χ1n) is 11.3. The number of aryl methyl sites for hydroxylation is 1. The van der Waals surface area contributed by atoms with Crippen LogP contribution in [0.4, 0.5) is 10.1 Å². The molecule has 5 heteroatoms. The van der Waals surface area contributed by atoms with E-state index in [4.69, 9.17) is 11.6 Å². The summed E-state index contributed by atoms with van der Waals surface area (Å²) in [7, 11) is 0. The Labute approximate surface area is 188 Å². The molecule has 1 unspecified atom stereocenters. The minimum atomic E-state index is -0.534. The second kappa shape index (κ2) is 9.52. The van der Waals surface area contributed by atoms with Crippen LogP contribution in [0.25, 0.3) is 0 Å². The molecule has 2 aromatic carbocycles. The van der Waals surface area contributed by atoms with Crippen LogP contribution in [0.1, 0.15) is 66.4 Å². The molecule has 164 valence electrons. The number of nitrogens with one attached hydrogen (secondary N) is 1. The summed E-state index contributed by atoms with van der Waals surface area (Å²) in [5.41, 5.74) is 3.81.